The number of carboxylic acid groups (broad SMARTS) is 1. The molecule has 1 amide bonds. The summed E-state index contributed by atoms with van der Waals surface area (Å²) in [5, 5.41) is 13.9. The fourth-order valence-electron chi connectivity index (χ4n) is 5.13. The molecule has 7 heteroatoms. The summed E-state index contributed by atoms with van der Waals surface area (Å²) in [4.78, 5) is 20.0. The first-order valence-electron chi connectivity index (χ1n) is 11.5. The Balaban J connectivity index is 1.21. The van der Waals surface area contributed by atoms with Crippen LogP contribution in [0.4, 0.5) is 10.5 Å². The maximum absolute atomic E-state index is 11.1. The SMILES string of the molecule is COc1ccc(-c2cc(NCCCN3CCC4(C3)CN(C(=O)O)C4)c3ccccc3n2)cc1. The molecule has 33 heavy (non-hydrogen) atoms. The number of nitrogens with zero attached hydrogens (tertiary/aromatic N) is 3. The van der Waals surface area contributed by atoms with Crippen LogP contribution in [0.2, 0.25) is 0 Å². The van der Waals surface area contributed by atoms with E-state index in [2.05, 4.69) is 28.4 Å². The maximum Gasteiger partial charge on any atom is 0.407 e. The van der Waals surface area contributed by atoms with Crippen LogP contribution >= 0.6 is 0 Å². The molecule has 2 saturated heterocycles. The lowest BCUT2D eigenvalue weighted by atomic mass is 9.79. The Kier molecular flexibility index (Phi) is 5.81. The van der Waals surface area contributed by atoms with Crippen molar-refractivity contribution in [1.82, 2.24) is 14.8 Å². The van der Waals surface area contributed by atoms with Crippen LogP contribution in [-0.2, 0) is 0 Å². The zero-order chi connectivity index (χ0) is 22.8. The first-order chi connectivity index (χ1) is 16.0. The molecule has 2 aliphatic rings. The van der Waals surface area contributed by atoms with Crippen molar-refractivity contribution in [2.24, 2.45) is 5.41 Å². The molecule has 7 nitrogen and oxygen atoms in total. The van der Waals surface area contributed by atoms with Gasteiger partial charge in [0.05, 0.1) is 18.3 Å². The topological polar surface area (TPSA) is 77.9 Å². The number of ether oxygens (including phenoxy) is 1. The van der Waals surface area contributed by atoms with E-state index in [1.807, 2.05) is 36.4 Å². The van der Waals surface area contributed by atoms with Crippen molar-refractivity contribution in [1.29, 1.82) is 0 Å². The second-order valence-corrected chi connectivity index (χ2v) is 9.25. The van der Waals surface area contributed by atoms with Gasteiger partial charge in [0.25, 0.3) is 0 Å². The molecule has 0 saturated carbocycles. The van der Waals surface area contributed by atoms with E-state index in [0.29, 0.717) is 13.1 Å². The van der Waals surface area contributed by atoms with Crippen LogP contribution in [0.1, 0.15) is 12.8 Å². The number of methoxy groups -OCH3 is 1. The molecular weight excluding hydrogens is 416 g/mol. The summed E-state index contributed by atoms with van der Waals surface area (Å²) >= 11 is 0. The largest absolute Gasteiger partial charge is 0.497 e. The van der Waals surface area contributed by atoms with Gasteiger partial charge in [-0.1, -0.05) is 18.2 Å². The van der Waals surface area contributed by atoms with E-state index < -0.39 is 6.09 Å². The highest BCUT2D eigenvalue weighted by molar-refractivity contribution is 5.93. The number of aromatic nitrogens is 1. The van der Waals surface area contributed by atoms with E-state index in [-0.39, 0.29) is 5.41 Å². The number of carbonyl (C=O) groups is 1. The third-order valence-corrected chi connectivity index (χ3v) is 6.91. The summed E-state index contributed by atoms with van der Waals surface area (Å²) in [5.74, 6) is 0.833. The average Bonchev–Trinajstić information content (AvgIpc) is 3.25. The van der Waals surface area contributed by atoms with Gasteiger partial charge < -0.3 is 25.0 Å². The second kappa shape index (κ2) is 8.90. The molecule has 1 aromatic heterocycles. The minimum Gasteiger partial charge on any atom is -0.497 e. The quantitative estimate of drug-likeness (QED) is 0.524. The number of pyridine rings is 1. The molecule has 2 aliphatic heterocycles. The summed E-state index contributed by atoms with van der Waals surface area (Å²) < 4.78 is 5.28. The van der Waals surface area contributed by atoms with Crippen LogP contribution in [0.3, 0.4) is 0 Å². The molecule has 0 atom stereocenters. The summed E-state index contributed by atoms with van der Waals surface area (Å²) in [6.45, 7) is 5.35. The van der Waals surface area contributed by atoms with Crippen molar-refractivity contribution < 1.29 is 14.6 Å². The van der Waals surface area contributed by atoms with Crippen molar-refractivity contribution in [3.63, 3.8) is 0 Å². The Labute approximate surface area is 194 Å². The van der Waals surface area contributed by atoms with Gasteiger partial charge in [0, 0.05) is 48.2 Å². The molecule has 0 unspecified atom stereocenters. The molecule has 3 heterocycles. The van der Waals surface area contributed by atoms with Gasteiger partial charge in [-0.3, -0.25) is 0 Å². The maximum atomic E-state index is 11.1. The highest BCUT2D eigenvalue weighted by atomic mass is 16.5. The molecule has 2 aromatic carbocycles. The Morgan fingerprint density at radius 3 is 2.70 bits per heavy atom. The predicted molar refractivity (Wildman–Crippen MR) is 130 cm³/mol. The monoisotopic (exact) mass is 446 g/mol. The molecule has 0 aliphatic carbocycles. The molecule has 2 N–H and O–H groups in total. The van der Waals surface area contributed by atoms with Crippen LogP contribution in [0.5, 0.6) is 5.75 Å². The lowest BCUT2D eigenvalue weighted by Gasteiger charge is -2.46. The van der Waals surface area contributed by atoms with Gasteiger partial charge >= 0.3 is 6.09 Å². The lowest BCUT2D eigenvalue weighted by molar-refractivity contribution is 0.0169. The van der Waals surface area contributed by atoms with Crippen molar-refractivity contribution in [3.8, 4) is 17.0 Å². The summed E-state index contributed by atoms with van der Waals surface area (Å²) in [6.07, 6.45) is 1.35. The molecule has 3 aromatic rings. The summed E-state index contributed by atoms with van der Waals surface area (Å²) in [7, 11) is 1.67. The fourth-order valence-corrected chi connectivity index (χ4v) is 5.13. The average molecular weight is 447 g/mol. The second-order valence-electron chi connectivity index (χ2n) is 9.25. The Bertz CT molecular complexity index is 1140. The lowest BCUT2D eigenvalue weighted by Crippen LogP contribution is -2.59. The minimum absolute atomic E-state index is 0.195. The number of hydrogen-bond acceptors (Lipinski definition) is 5. The van der Waals surface area contributed by atoms with Gasteiger partial charge in [-0.2, -0.15) is 0 Å². The number of rotatable bonds is 7. The van der Waals surface area contributed by atoms with Crippen molar-refractivity contribution >= 4 is 22.7 Å². The fraction of sp³-hybridized carbons (Fsp3) is 0.385. The van der Waals surface area contributed by atoms with Crippen molar-refractivity contribution in [3.05, 3.63) is 54.6 Å². The van der Waals surface area contributed by atoms with Crippen LogP contribution in [-0.4, -0.2) is 72.4 Å². The molecule has 0 radical (unpaired) electrons. The Morgan fingerprint density at radius 2 is 1.94 bits per heavy atom. The highest BCUT2D eigenvalue weighted by Crippen LogP contribution is 2.39. The third kappa shape index (κ3) is 4.46. The van der Waals surface area contributed by atoms with Crippen molar-refractivity contribution in [2.75, 3.05) is 51.7 Å². The molecular formula is C26H30N4O3. The highest BCUT2D eigenvalue weighted by Gasteiger charge is 2.49. The summed E-state index contributed by atoms with van der Waals surface area (Å²) in [5.41, 5.74) is 4.26. The van der Waals surface area contributed by atoms with Gasteiger partial charge in [0.2, 0.25) is 0 Å². The predicted octanol–water partition coefficient (Wildman–Crippen LogP) is 4.40. The first-order valence-corrected chi connectivity index (χ1v) is 11.5. The van der Waals surface area contributed by atoms with Gasteiger partial charge in [0.1, 0.15) is 5.75 Å². The minimum atomic E-state index is -0.790. The molecule has 5 rings (SSSR count). The van der Waals surface area contributed by atoms with E-state index in [9.17, 15) is 4.79 Å². The van der Waals surface area contributed by atoms with Gasteiger partial charge in [-0.25, -0.2) is 9.78 Å². The van der Waals surface area contributed by atoms with Gasteiger partial charge in [-0.15, -0.1) is 0 Å². The Morgan fingerprint density at radius 1 is 1.15 bits per heavy atom. The molecule has 1 spiro atoms. The summed E-state index contributed by atoms with van der Waals surface area (Å²) in [6, 6.07) is 18.3. The number of nitrogens with one attached hydrogen (secondary N) is 1. The van der Waals surface area contributed by atoms with Crippen LogP contribution in [0.25, 0.3) is 22.2 Å². The van der Waals surface area contributed by atoms with Crippen LogP contribution in [0, 0.1) is 5.41 Å². The number of anilines is 1. The molecule has 172 valence electrons. The van der Waals surface area contributed by atoms with Crippen LogP contribution < -0.4 is 10.1 Å². The van der Waals surface area contributed by atoms with E-state index >= 15 is 0 Å². The van der Waals surface area contributed by atoms with Crippen LogP contribution in [0.15, 0.2) is 54.6 Å². The molecule has 0 bridgehead atoms. The number of benzene rings is 2. The zero-order valence-corrected chi connectivity index (χ0v) is 19.0. The smallest absolute Gasteiger partial charge is 0.407 e. The van der Waals surface area contributed by atoms with E-state index in [4.69, 9.17) is 14.8 Å². The van der Waals surface area contributed by atoms with E-state index in [1.165, 1.54) is 4.90 Å². The standard InChI is InChI=1S/C26H30N4O3/c1-33-20-9-7-19(8-10-20)23-15-24(21-5-2-3-6-22(21)28-23)27-12-4-13-29-14-11-26(16-29)17-30(18-26)25(31)32/h2-3,5-10,15H,4,11-14,16-18H2,1H3,(H,27,28)(H,31,32). The molecule has 2 fully saturated rings. The van der Waals surface area contributed by atoms with Gasteiger partial charge in [-0.05, 0) is 62.3 Å². The van der Waals surface area contributed by atoms with E-state index in [1.54, 1.807) is 7.11 Å². The van der Waals surface area contributed by atoms with Crippen molar-refractivity contribution in [2.45, 2.75) is 12.8 Å². The number of likely N-dealkylation sites (tertiary alicyclic amines) is 2. The number of para-hydroxylation sites is 1. The zero-order valence-electron chi connectivity index (χ0n) is 19.0. The number of amides is 1. The van der Waals surface area contributed by atoms with E-state index in [0.717, 1.165) is 72.6 Å². The normalized spacial score (nSPS) is 17.3. The Hall–Kier alpha value is -3.32. The number of fused-ring (bicyclic) bond motifs is 1. The van der Waals surface area contributed by atoms with Gasteiger partial charge in [0.15, 0.2) is 0 Å². The first kappa shape index (κ1) is 21.5. The number of hydrogen-bond donors (Lipinski definition) is 2. The third-order valence-electron chi connectivity index (χ3n) is 6.91.